The van der Waals surface area contributed by atoms with E-state index in [1.165, 1.54) is 11.3 Å². The summed E-state index contributed by atoms with van der Waals surface area (Å²) < 4.78 is 3.23. The molecule has 0 radical (unpaired) electrons. The highest BCUT2D eigenvalue weighted by atomic mass is 79.9. The van der Waals surface area contributed by atoms with Crippen molar-refractivity contribution in [3.05, 3.63) is 46.2 Å². The molecule has 0 saturated heterocycles. The van der Waals surface area contributed by atoms with Crippen LogP contribution in [0.5, 0.6) is 0 Å². The summed E-state index contributed by atoms with van der Waals surface area (Å²) in [5.41, 5.74) is 2.37. The Kier molecular flexibility index (Phi) is 4.71. The van der Waals surface area contributed by atoms with Gasteiger partial charge in [-0.05, 0) is 34.5 Å². The molecule has 19 heavy (non-hydrogen) atoms. The van der Waals surface area contributed by atoms with Crippen molar-refractivity contribution in [1.82, 2.24) is 19.9 Å². The molecule has 0 amide bonds. The SMILES string of the molecule is Cc1ncc(CNC(C)C)n1Cc1cncc(Br)c1. The van der Waals surface area contributed by atoms with Gasteiger partial charge in [0, 0.05) is 35.6 Å². The summed E-state index contributed by atoms with van der Waals surface area (Å²) in [6, 6.07) is 2.56. The summed E-state index contributed by atoms with van der Waals surface area (Å²) in [5.74, 6) is 1.03. The Balaban J connectivity index is 2.17. The Morgan fingerprint density at radius 3 is 2.79 bits per heavy atom. The highest BCUT2D eigenvalue weighted by molar-refractivity contribution is 9.10. The molecule has 0 atom stereocenters. The summed E-state index contributed by atoms with van der Waals surface area (Å²) >= 11 is 3.45. The van der Waals surface area contributed by atoms with Gasteiger partial charge >= 0.3 is 0 Å². The van der Waals surface area contributed by atoms with Gasteiger partial charge in [-0.3, -0.25) is 4.98 Å². The molecule has 0 unspecified atom stereocenters. The second-order valence-corrected chi connectivity index (χ2v) is 5.85. The van der Waals surface area contributed by atoms with Gasteiger partial charge in [-0.2, -0.15) is 0 Å². The van der Waals surface area contributed by atoms with Crippen molar-refractivity contribution in [2.75, 3.05) is 0 Å². The van der Waals surface area contributed by atoms with Gasteiger partial charge in [-0.25, -0.2) is 4.98 Å². The topological polar surface area (TPSA) is 42.7 Å². The molecule has 102 valence electrons. The van der Waals surface area contributed by atoms with Gasteiger partial charge in [0.15, 0.2) is 0 Å². The van der Waals surface area contributed by atoms with Crippen LogP contribution in [0.2, 0.25) is 0 Å². The molecule has 0 fully saturated rings. The third-order valence-corrected chi connectivity index (χ3v) is 3.37. The molecule has 0 saturated carbocycles. The van der Waals surface area contributed by atoms with Gasteiger partial charge < -0.3 is 9.88 Å². The maximum Gasteiger partial charge on any atom is 0.106 e. The maximum absolute atomic E-state index is 4.40. The quantitative estimate of drug-likeness (QED) is 0.920. The highest BCUT2D eigenvalue weighted by Crippen LogP contribution is 2.13. The molecule has 2 heterocycles. The summed E-state index contributed by atoms with van der Waals surface area (Å²) in [5, 5.41) is 3.43. The molecule has 2 aromatic rings. The number of nitrogens with zero attached hydrogens (tertiary/aromatic N) is 3. The number of aromatic nitrogens is 3. The minimum absolute atomic E-state index is 0.469. The van der Waals surface area contributed by atoms with Crippen LogP contribution in [0.3, 0.4) is 0 Å². The normalized spacial score (nSPS) is 11.2. The zero-order valence-electron chi connectivity index (χ0n) is 11.5. The Hall–Kier alpha value is -1.20. The summed E-state index contributed by atoms with van der Waals surface area (Å²) in [6.45, 7) is 7.95. The van der Waals surface area contributed by atoms with E-state index in [9.17, 15) is 0 Å². The molecule has 0 aliphatic rings. The van der Waals surface area contributed by atoms with E-state index in [4.69, 9.17) is 0 Å². The molecule has 2 rings (SSSR count). The number of nitrogens with one attached hydrogen (secondary N) is 1. The number of hydrogen-bond donors (Lipinski definition) is 1. The lowest BCUT2D eigenvalue weighted by Crippen LogP contribution is -2.23. The number of rotatable bonds is 5. The molecule has 0 aliphatic heterocycles. The van der Waals surface area contributed by atoms with Crippen molar-refractivity contribution >= 4 is 15.9 Å². The van der Waals surface area contributed by atoms with E-state index in [1.54, 1.807) is 6.20 Å². The zero-order chi connectivity index (χ0) is 13.8. The first-order valence-electron chi connectivity index (χ1n) is 6.40. The summed E-state index contributed by atoms with van der Waals surface area (Å²) in [4.78, 5) is 8.61. The van der Waals surface area contributed by atoms with E-state index in [1.807, 2.05) is 19.3 Å². The molecular formula is C14H19BrN4. The number of imidazole rings is 1. The highest BCUT2D eigenvalue weighted by Gasteiger charge is 2.08. The van der Waals surface area contributed by atoms with Gasteiger partial charge in [0.25, 0.3) is 0 Å². The van der Waals surface area contributed by atoms with E-state index in [-0.39, 0.29) is 0 Å². The van der Waals surface area contributed by atoms with Crippen LogP contribution >= 0.6 is 15.9 Å². The van der Waals surface area contributed by atoms with Crippen molar-refractivity contribution < 1.29 is 0 Å². The summed E-state index contributed by atoms with van der Waals surface area (Å²) in [6.07, 6.45) is 5.63. The summed E-state index contributed by atoms with van der Waals surface area (Å²) in [7, 11) is 0. The Bertz CT molecular complexity index is 548. The van der Waals surface area contributed by atoms with E-state index < -0.39 is 0 Å². The fraction of sp³-hybridized carbons (Fsp3) is 0.429. The minimum Gasteiger partial charge on any atom is -0.327 e. The van der Waals surface area contributed by atoms with Crippen molar-refractivity contribution in [3.8, 4) is 0 Å². The first kappa shape index (κ1) is 14.2. The standard InChI is InChI=1S/C14H19BrN4/c1-10(2)17-7-14-8-18-11(3)19(14)9-12-4-13(15)6-16-5-12/h4-6,8,10,17H,7,9H2,1-3H3. The average Bonchev–Trinajstić information content (AvgIpc) is 2.68. The molecule has 0 aliphatic carbocycles. The first-order valence-corrected chi connectivity index (χ1v) is 7.19. The lowest BCUT2D eigenvalue weighted by Gasteiger charge is -2.12. The number of halogens is 1. The Morgan fingerprint density at radius 1 is 1.32 bits per heavy atom. The van der Waals surface area contributed by atoms with Gasteiger partial charge in [0.05, 0.1) is 12.2 Å². The number of aryl methyl sites for hydroxylation is 1. The molecule has 0 spiro atoms. The van der Waals surface area contributed by atoms with Gasteiger partial charge in [0.2, 0.25) is 0 Å². The molecule has 1 N–H and O–H groups in total. The maximum atomic E-state index is 4.40. The van der Waals surface area contributed by atoms with E-state index >= 15 is 0 Å². The van der Waals surface area contributed by atoms with Crippen LogP contribution in [-0.2, 0) is 13.1 Å². The number of pyridine rings is 1. The molecule has 4 nitrogen and oxygen atoms in total. The van der Waals surface area contributed by atoms with Crippen LogP contribution in [0.25, 0.3) is 0 Å². The van der Waals surface area contributed by atoms with E-state index in [0.29, 0.717) is 6.04 Å². The molecule has 5 heteroatoms. The first-order chi connectivity index (χ1) is 9.06. The lowest BCUT2D eigenvalue weighted by atomic mass is 10.2. The lowest BCUT2D eigenvalue weighted by molar-refractivity contribution is 0.561. The monoisotopic (exact) mass is 322 g/mol. The third kappa shape index (κ3) is 3.88. The number of hydrogen-bond acceptors (Lipinski definition) is 3. The van der Waals surface area contributed by atoms with Crippen molar-refractivity contribution in [2.24, 2.45) is 0 Å². The molecular weight excluding hydrogens is 304 g/mol. The van der Waals surface area contributed by atoms with Crippen LogP contribution < -0.4 is 5.32 Å². The Morgan fingerprint density at radius 2 is 2.11 bits per heavy atom. The van der Waals surface area contributed by atoms with Crippen LogP contribution in [-0.4, -0.2) is 20.6 Å². The fourth-order valence-electron chi connectivity index (χ4n) is 1.91. The zero-order valence-corrected chi connectivity index (χ0v) is 13.1. The van der Waals surface area contributed by atoms with Crippen LogP contribution in [0.4, 0.5) is 0 Å². The van der Waals surface area contributed by atoms with E-state index in [2.05, 4.69) is 55.7 Å². The smallest absolute Gasteiger partial charge is 0.106 e. The van der Waals surface area contributed by atoms with Crippen molar-refractivity contribution in [1.29, 1.82) is 0 Å². The second kappa shape index (κ2) is 6.30. The van der Waals surface area contributed by atoms with Crippen molar-refractivity contribution in [2.45, 2.75) is 39.9 Å². The van der Waals surface area contributed by atoms with Crippen LogP contribution in [0.1, 0.15) is 30.9 Å². The largest absolute Gasteiger partial charge is 0.327 e. The van der Waals surface area contributed by atoms with Gasteiger partial charge in [-0.1, -0.05) is 13.8 Å². The van der Waals surface area contributed by atoms with Crippen LogP contribution in [0, 0.1) is 6.92 Å². The molecule has 2 aromatic heterocycles. The van der Waals surface area contributed by atoms with E-state index in [0.717, 1.165) is 23.4 Å². The van der Waals surface area contributed by atoms with Gasteiger partial charge in [0.1, 0.15) is 5.82 Å². The molecule has 0 bridgehead atoms. The van der Waals surface area contributed by atoms with Crippen molar-refractivity contribution in [3.63, 3.8) is 0 Å². The second-order valence-electron chi connectivity index (χ2n) is 4.93. The predicted octanol–water partition coefficient (Wildman–Crippen LogP) is 2.90. The fourth-order valence-corrected chi connectivity index (χ4v) is 2.32. The molecule has 0 aromatic carbocycles. The minimum atomic E-state index is 0.469. The van der Waals surface area contributed by atoms with Gasteiger partial charge in [-0.15, -0.1) is 0 Å². The average molecular weight is 323 g/mol. The predicted molar refractivity (Wildman–Crippen MR) is 80.0 cm³/mol. The van der Waals surface area contributed by atoms with Crippen LogP contribution in [0.15, 0.2) is 29.1 Å². The Labute approximate surface area is 122 Å². The third-order valence-electron chi connectivity index (χ3n) is 2.93.